The van der Waals surface area contributed by atoms with E-state index in [1.54, 1.807) is 42.5 Å². The molecule has 4 rings (SSSR count). The predicted octanol–water partition coefficient (Wildman–Crippen LogP) is 4.40. The summed E-state index contributed by atoms with van der Waals surface area (Å²) in [7, 11) is 0. The maximum atomic E-state index is 12.8. The van der Waals surface area contributed by atoms with Gasteiger partial charge in [0, 0.05) is 11.0 Å². The van der Waals surface area contributed by atoms with E-state index in [9.17, 15) is 9.59 Å². The Balaban J connectivity index is 1.46. The number of anilines is 1. The van der Waals surface area contributed by atoms with E-state index in [0.717, 1.165) is 5.56 Å². The maximum absolute atomic E-state index is 12.8. The van der Waals surface area contributed by atoms with Crippen LogP contribution in [0.2, 0.25) is 0 Å². The highest BCUT2D eigenvalue weighted by Crippen LogP contribution is 2.30. The summed E-state index contributed by atoms with van der Waals surface area (Å²) < 4.78 is 11.8. The molecule has 0 bridgehead atoms. The van der Waals surface area contributed by atoms with Crippen LogP contribution >= 0.6 is 15.9 Å². The topological polar surface area (TPSA) is 76.7 Å². The molecular formula is C23H19BrN2O4. The van der Waals surface area contributed by atoms with Gasteiger partial charge in [0.15, 0.2) is 11.5 Å². The lowest BCUT2D eigenvalue weighted by Gasteiger charge is -2.19. The molecule has 3 aromatic rings. The zero-order chi connectivity index (χ0) is 20.9. The van der Waals surface area contributed by atoms with E-state index in [4.69, 9.17) is 9.47 Å². The van der Waals surface area contributed by atoms with E-state index >= 15 is 0 Å². The van der Waals surface area contributed by atoms with Crippen LogP contribution in [0.5, 0.6) is 11.5 Å². The van der Waals surface area contributed by atoms with Gasteiger partial charge in [-0.1, -0.05) is 30.3 Å². The molecule has 0 aromatic heterocycles. The third kappa shape index (κ3) is 4.46. The Morgan fingerprint density at radius 2 is 1.53 bits per heavy atom. The first-order valence-corrected chi connectivity index (χ1v) is 10.2. The van der Waals surface area contributed by atoms with Crippen molar-refractivity contribution in [3.63, 3.8) is 0 Å². The smallest absolute Gasteiger partial charge is 0.256 e. The number of amides is 2. The van der Waals surface area contributed by atoms with Crippen LogP contribution in [0, 0.1) is 0 Å². The van der Waals surface area contributed by atoms with Crippen LogP contribution in [-0.4, -0.2) is 25.0 Å². The number of ether oxygens (including phenoxy) is 2. The number of halogens is 1. The van der Waals surface area contributed by atoms with E-state index in [0.29, 0.717) is 52.5 Å². The summed E-state index contributed by atoms with van der Waals surface area (Å²) in [5.74, 6) is 0.799. The van der Waals surface area contributed by atoms with Crippen LogP contribution in [0.3, 0.4) is 0 Å². The fourth-order valence-corrected chi connectivity index (χ4v) is 3.57. The van der Waals surface area contributed by atoms with Crippen molar-refractivity contribution in [2.75, 3.05) is 18.5 Å². The molecule has 0 radical (unpaired) electrons. The molecule has 30 heavy (non-hydrogen) atoms. The summed E-state index contributed by atoms with van der Waals surface area (Å²) in [6.07, 6.45) is 0. The molecule has 0 fully saturated rings. The monoisotopic (exact) mass is 466 g/mol. The summed E-state index contributed by atoms with van der Waals surface area (Å²) in [4.78, 5) is 25.4. The Labute approximate surface area is 182 Å². The van der Waals surface area contributed by atoms with Crippen molar-refractivity contribution in [3.8, 4) is 11.5 Å². The largest absolute Gasteiger partial charge is 0.486 e. The number of fused-ring (bicyclic) bond motifs is 1. The first-order valence-electron chi connectivity index (χ1n) is 9.43. The zero-order valence-electron chi connectivity index (χ0n) is 16.0. The Morgan fingerprint density at radius 1 is 0.833 bits per heavy atom. The minimum atomic E-state index is -0.297. The van der Waals surface area contributed by atoms with Crippen LogP contribution in [0.1, 0.15) is 26.3 Å². The fraction of sp³-hybridized carbons (Fsp3) is 0.130. The fourth-order valence-electron chi connectivity index (χ4n) is 3.10. The SMILES string of the molecule is O=C(Nc1ccccc1C(=O)NCc1ccc2c(c1)OCCO2)c1ccccc1Br. The van der Waals surface area contributed by atoms with E-state index < -0.39 is 0 Å². The zero-order valence-corrected chi connectivity index (χ0v) is 17.6. The lowest BCUT2D eigenvalue weighted by molar-refractivity contribution is 0.0951. The van der Waals surface area contributed by atoms with Gasteiger partial charge in [0.1, 0.15) is 13.2 Å². The lowest BCUT2D eigenvalue weighted by Crippen LogP contribution is -2.25. The van der Waals surface area contributed by atoms with Crippen LogP contribution in [0.15, 0.2) is 71.2 Å². The highest BCUT2D eigenvalue weighted by molar-refractivity contribution is 9.10. The molecule has 0 saturated heterocycles. The van der Waals surface area contributed by atoms with Gasteiger partial charge in [-0.3, -0.25) is 9.59 Å². The normalized spacial score (nSPS) is 12.2. The van der Waals surface area contributed by atoms with Crippen molar-refractivity contribution in [1.82, 2.24) is 5.32 Å². The van der Waals surface area contributed by atoms with Crippen molar-refractivity contribution < 1.29 is 19.1 Å². The number of para-hydroxylation sites is 1. The van der Waals surface area contributed by atoms with E-state index in [2.05, 4.69) is 26.6 Å². The number of benzene rings is 3. The molecule has 6 nitrogen and oxygen atoms in total. The highest BCUT2D eigenvalue weighted by Gasteiger charge is 2.16. The summed E-state index contributed by atoms with van der Waals surface area (Å²) in [5, 5.41) is 5.71. The Bertz CT molecular complexity index is 1100. The maximum Gasteiger partial charge on any atom is 0.256 e. The van der Waals surface area contributed by atoms with Gasteiger partial charge in [-0.15, -0.1) is 0 Å². The molecule has 3 aromatic carbocycles. The highest BCUT2D eigenvalue weighted by atomic mass is 79.9. The van der Waals surface area contributed by atoms with Crippen molar-refractivity contribution in [2.45, 2.75) is 6.54 Å². The average Bonchev–Trinajstić information content (AvgIpc) is 2.78. The molecule has 152 valence electrons. The van der Waals surface area contributed by atoms with Crippen LogP contribution in [0.4, 0.5) is 5.69 Å². The standard InChI is InChI=1S/C23H19BrN2O4/c24-18-7-3-1-5-16(18)23(28)26-19-8-4-2-6-17(19)22(27)25-14-15-9-10-20-21(13-15)30-12-11-29-20/h1-10,13H,11-12,14H2,(H,25,27)(H,26,28). The van der Waals surface area contributed by atoms with E-state index in [1.807, 2.05) is 24.3 Å². The van der Waals surface area contributed by atoms with E-state index in [-0.39, 0.29) is 11.8 Å². The Morgan fingerprint density at radius 3 is 2.33 bits per heavy atom. The molecule has 2 N–H and O–H groups in total. The quantitative estimate of drug-likeness (QED) is 0.583. The van der Waals surface area contributed by atoms with Crippen LogP contribution < -0.4 is 20.1 Å². The molecule has 1 aliphatic heterocycles. The van der Waals surface area contributed by atoms with Crippen molar-refractivity contribution in [3.05, 3.63) is 87.9 Å². The molecule has 2 amide bonds. The van der Waals surface area contributed by atoms with Gasteiger partial charge >= 0.3 is 0 Å². The van der Waals surface area contributed by atoms with Crippen molar-refractivity contribution >= 4 is 33.4 Å². The number of rotatable bonds is 5. The molecule has 0 unspecified atom stereocenters. The second kappa shape index (κ2) is 9.00. The molecule has 7 heteroatoms. The first-order chi connectivity index (χ1) is 14.6. The van der Waals surface area contributed by atoms with Gasteiger partial charge in [-0.05, 0) is 57.9 Å². The Hall–Kier alpha value is -3.32. The first kappa shape index (κ1) is 20.0. The molecular weight excluding hydrogens is 448 g/mol. The summed E-state index contributed by atoms with van der Waals surface area (Å²) >= 11 is 3.38. The third-order valence-electron chi connectivity index (χ3n) is 4.60. The molecule has 1 heterocycles. The molecule has 0 spiro atoms. The van der Waals surface area contributed by atoms with Gasteiger partial charge in [-0.2, -0.15) is 0 Å². The molecule has 0 saturated carbocycles. The van der Waals surface area contributed by atoms with Gasteiger partial charge < -0.3 is 20.1 Å². The predicted molar refractivity (Wildman–Crippen MR) is 117 cm³/mol. The van der Waals surface area contributed by atoms with E-state index in [1.165, 1.54) is 0 Å². The van der Waals surface area contributed by atoms with Crippen LogP contribution in [-0.2, 0) is 6.54 Å². The number of hydrogen-bond acceptors (Lipinski definition) is 4. The van der Waals surface area contributed by atoms with Gasteiger partial charge in [0.05, 0.1) is 16.8 Å². The number of carbonyl (C=O) groups is 2. The van der Waals surface area contributed by atoms with Crippen LogP contribution in [0.25, 0.3) is 0 Å². The summed E-state index contributed by atoms with van der Waals surface area (Å²) in [6, 6.07) is 19.6. The number of carbonyl (C=O) groups excluding carboxylic acids is 2. The van der Waals surface area contributed by atoms with Gasteiger partial charge in [-0.25, -0.2) is 0 Å². The lowest BCUT2D eigenvalue weighted by atomic mass is 10.1. The minimum Gasteiger partial charge on any atom is -0.486 e. The number of nitrogens with one attached hydrogen (secondary N) is 2. The molecule has 0 atom stereocenters. The minimum absolute atomic E-state index is 0.284. The Kier molecular flexibility index (Phi) is 5.99. The van der Waals surface area contributed by atoms with Gasteiger partial charge in [0.2, 0.25) is 0 Å². The second-order valence-electron chi connectivity index (χ2n) is 6.64. The average molecular weight is 467 g/mol. The molecule has 0 aliphatic carbocycles. The third-order valence-corrected chi connectivity index (χ3v) is 5.29. The second-order valence-corrected chi connectivity index (χ2v) is 7.49. The van der Waals surface area contributed by atoms with Crippen molar-refractivity contribution in [2.24, 2.45) is 0 Å². The van der Waals surface area contributed by atoms with Crippen molar-refractivity contribution in [1.29, 1.82) is 0 Å². The number of hydrogen-bond donors (Lipinski definition) is 2. The molecule has 1 aliphatic rings. The summed E-state index contributed by atoms with van der Waals surface area (Å²) in [5.41, 5.74) is 2.21. The van der Waals surface area contributed by atoms with Gasteiger partial charge in [0.25, 0.3) is 11.8 Å². The summed E-state index contributed by atoms with van der Waals surface area (Å²) in [6.45, 7) is 1.36.